The first-order valence-corrected chi connectivity index (χ1v) is 6.39. The number of anilines is 1. The molecule has 0 saturated carbocycles. The molecule has 0 aliphatic carbocycles. The molecular formula is C13H15ClN2O5. The minimum Gasteiger partial charge on any atom is -0.481 e. The van der Waals surface area contributed by atoms with Gasteiger partial charge in [-0.3, -0.25) is 9.59 Å². The Morgan fingerprint density at radius 3 is 2.67 bits per heavy atom. The van der Waals surface area contributed by atoms with E-state index < -0.39 is 23.9 Å². The van der Waals surface area contributed by atoms with E-state index in [1.807, 2.05) is 0 Å². The summed E-state index contributed by atoms with van der Waals surface area (Å²) in [6.45, 7) is 0. The molecule has 0 spiro atoms. The van der Waals surface area contributed by atoms with E-state index in [-0.39, 0.29) is 23.4 Å². The molecule has 0 radical (unpaired) electrons. The Morgan fingerprint density at radius 1 is 1.43 bits per heavy atom. The second kappa shape index (κ2) is 7.61. The second-order valence-electron chi connectivity index (χ2n) is 4.21. The molecule has 0 fully saturated rings. The van der Waals surface area contributed by atoms with Crippen LogP contribution in [0.15, 0.2) is 18.2 Å². The summed E-state index contributed by atoms with van der Waals surface area (Å²) in [4.78, 5) is 33.7. The van der Waals surface area contributed by atoms with Crippen molar-refractivity contribution in [1.82, 2.24) is 0 Å². The van der Waals surface area contributed by atoms with Crippen LogP contribution in [0.5, 0.6) is 0 Å². The molecule has 1 rings (SSSR count). The normalized spacial score (nSPS) is 11.6. The number of halogens is 1. The number of hydrogen-bond donors (Lipinski definition) is 3. The number of esters is 1. The number of carboxylic acids is 1. The van der Waals surface area contributed by atoms with Crippen molar-refractivity contribution in [3.63, 3.8) is 0 Å². The lowest BCUT2D eigenvalue weighted by molar-refractivity contribution is -0.137. The van der Waals surface area contributed by atoms with Crippen molar-refractivity contribution in [3.8, 4) is 0 Å². The smallest absolute Gasteiger partial charge is 0.339 e. The maximum absolute atomic E-state index is 11.8. The van der Waals surface area contributed by atoms with Gasteiger partial charge >= 0.3 is 11.9 Å². The molecule has 1 unspecified atom stereocenters. The SMILES string of the molecule is COC(=O)c1cc(NC(=O)C(N)CCC(=O)O)ccc1Cl. The zero-order valence-electron chi connectivity index (χ0n) is 11.3. The van der Waals surface area contributed by atoms with Crippen LogP contribution >= 0.6 is 11.6 Å². The highest BCUT2D eigenvalue weighted by molar-refractivity contribution is 6.33. The first-order valence-electron chi connectivity index (χ1n) is 6.01. The van der Waals surface area contributed by atoms with E-state index in [9.17, 15) is 14.4 Å². The van der Waals surface area contributed by atoms with Crippen LogP contribution in [0.4, 0.5) is 5.69 Å². The number of carbonyl (C=O) groups is 3. The van der Waals surface area contributed by atoms with Gasteiger partial charge in [0.05, 0.1) is 23.7 Å². The van der Waals surface area contributed by atoms with Crippen LogP contribution in [0.2, 0.25) is 5.02 Å². The van der Waals surface area contributed by atoms with Crippen molar-refractivity contribution in [1.29, 1.82) is 0 Å². The van der Waals surface area contributed by atoms with Crippen molar-refractivity contribution in [2.24, 2.45) is 5.73 Å². The van der Waals surface area contributed by atoms with Crippen molar-refractivity contribution in [3.05, 3.63) is 28.8 Å². The summed E-state index contributed by atoms with van der Waals surface area (Å²) in [5.74, 6) is -2.21. The van der Waals surface area contributed by atoms with Gasteiger partial charge in [0.15, 0.2) is 0 Å². The molecule has 21 heavy (non-hydrogen) atoms. The molecule has 0 bridgehead atoms. The topological polar surface area (TPSA) is 119 Å². The molecule has 0 aliphatic rings. The van der Waals surface area contributed by atoms with Crippen molar-refractivity contribution >= 4 is 35.1 Å². The van der Waals surface area contributed by atoms with Gasteiger partial charge < -0.3 is 20.9 Å². The molecular weight excluding hydrogens is 300 g/mol. The summed E-state index contributed by atoms with van der Waals surface area (Å²) in [6.07, 6.45) is -0.193. The zero-order chi connectivity index (χ0) is 16.0. The predicted molar refractivity (Wildman–Crippen MR) is 76.3 cm³/mol. The Hall–Kier alpha value is -2.12. The Labute approximate surface area is 126 Å². The highest BCUT2D eigenvalue weighted by atomic mass is 35.5. The number of carbonyl (C=O) groups excluding carboxylic acids is 2. The van der Waals surface area contributed by atoms with Crippen molar-refractivity contribution in [2.75, 3.05) is 12.4 Å². The molecule has 0 saturated heterocycles. The summed E-state index contributed by atoms with van der Waals surface area (Å²) < 4.78 is 4.56. The van der Waals surface area contributed by atoms with Crippen LogP contribution in [0.25, 0.3) is 0 Å². The summed E-state index contributed by atoms with van der Waals surface area (Å²) in [7, 11) is 1.21. The largest absolute Gasteiger partial charge is 0.481 e. The average molecular weight is 315 g/mol. The van der Waals surface area contributed by atoms with Gasteiger partial charge in [0.2, 0.25) is 5.91 Å². The Morgan fingerprint density at radius 2 is 2.10 bits per heavy atom. The minimum absolute atomic E-state index is 0.0125. The number of aliphatic carboxylic acids is 1. The van der Waals surface area contributed by atoms with E-state index in [2.05, 4.69) is 10.1 Å². The van der Waals surface area contributed by atoms with E-state index in [0.717, 1.165) is 0 Å². The third-order valence-electron chi connectivity index (χ3n) is 2.65. The van der Waals surface area contributed by atoms with Gasteiger partial charge in [-0.15, -0.1) is 0 Å². The lowest BCUT2D eigenvalue weighted by atomic mass is 10.1. The summed E-state index contributed by atoms with van der Waals surface area (Å²) in [6, 6.07) is 3.33. The van der Waals surface area contributed by atoms with Gasteiger partial charge in [0, 0.05) is 12.1 Å². The third kappa shape index (κ3) is 5.05. The number of nitrogens with one attached hydrogen (secondary N) is 1. The molecule has 114 valence electrons. The maximum atomic E-state index is 11.8. The fraction of sp³-hybridized carbons (Fsp3) is 0.308. The highest BCUT2D eigenvalue weighted by Gasteiger charge is 2.17. The van der Waals surface area contributed by atoms with Crippen molar-refractivity contribution < 1.29 is 24.2 Å². The molecule has 1 aromatic carbocycles. The van der Waals surface area contributed by atoms with E-state index in [1.165, 1.54) is 25.3 Å². The molecule has 0 heterocycles. The lowest BCUT2D eigenvalue weighted by Gasteiger charge is -2.12. The molecule has 0 aliphatic heterocycles. The van der Waals surface area contributed by atoms with E-state index in [4.69, 9.17) is 22.4 Å². The summed E-state index contributed by atoms with van der Waals surface area (Å²) in [5.41, 5.74) is 6.00. The number of ether oxygens (including phenoxy) is 1. The number of amides is 1. The van der Waals surface area contributed by atoms with E-state index in [0.29, 0.717) is 5.69 Å². The Balaban J connectivity index is 2.76. The average Bonchev–Trinajstić information content (AvgIpc) is 2.45. The quantitative estimate of drug-likeness (QED) is 0.680. The Bertz CT molecular complexity index is 561. The number of hydrogen-bond acceptors (Lipinski definition) is 5. The number of methoxy groups -OCH3 is 1. The number of nitrogens with two attached hydrogens (primary N) is 1. The van der Waals surface area contributed by atoms with Crippen LogP contribution in [0.3, 0.4) is 0 Å². The zero-order valence-corrected chi connectivity index (χ0v) is 12.0. The van der Waals surface area contributed by atoms with Crippen LogP contribution in [0.1, 0.15) is 23.2 Å². The minimum atomic E-state index is -1.03. The number of carboxylic acid groups (broad SMARTS) is 1. The molecule has 7 nitrogen and oxygen atoms in total. The third-order valence-corrected chi connectivity index (χ3v) is 2.97. The maximum Gasteiger partial charge on any atom is 0.339 e. The van der Waals surface area contributed by atoms with Gasteiger partial charge in [0.25, 0.3) is 0 Å². The van der Waals surface area contributed by atoms with Crippen LogP contribution in [-0.4, -0.2) is 36.1 Å². The molecule has 1 amide bonds. The monoisotopic (exact) mass is 314 g/mol. The summed E-state index contributed by atoms with van der Waals surface area (Å²) in [5, 5.41) is 11.2. The fourth-order valence-corrected chi connectivity index (χ4v) is 1.71. The number of benzene rings is 1. The second-order valence-corrected chi connectivity index (χ2v) is 4.62. The van der Waals surface area contributed by atoms with Crippen molar-refractivity contribution in [2.45, 2.75) is 18.9 Å². The molecule has 8 heteroatoms. The van der Waals surface area contributed by atoms with Gasteiger partial charge in [-0.2, -0.15) is 0 Å². The standard InChI is InChI=1S/C13H15ClN2O5/c1-21-13(20)8-6-7(2-3-9(8)14)16-12(19)10(15)4-5-11(17)18/h2-3,6,10H,4-5,15H2,1H3,(H,16,19)(H,17,18). The lowest BCUT2D eigenvalue weighted by Crippen LogP contribution is -2.36. The van der Waals surface area contributed by atoms with E-state index >= 15 is 0 Å². The van der Waals surface area contributed by atoms with E-state index in [1.54, 1.807) is 0 Å². The van der Waals surface area contributed by atoms with Gasteiger partial charge in [0.1, 0.15) is 0 Å². The molecule has 1 aromatic rings. The fourth-order valence-electron chi connectivity index (χ4n) is 1.51. The van der Waals surface area contributed by atoms with Crippen LogP contribution < -0.4 is 11.1 Å². The molecule has 1 atom stereocenters. The van der Waals surface area contributed by atoms with Crippen LogP contribution in [-0.2, 0) is 14.3 Å². The number of rotatable bonds is 6. The first kappa shape index (κ1) is 16.9. The van der Waals surface area contributed by atoms with Gasteiger partial charge in [-0.1, -0.05) is 11.6 Å². The van der Waals surface area contributed by atoms with Gasteiger partial charge in [-0.25, -0.2) is 4.79 Å². The van der Waals surface area contributed by atoms with Crippen LogP contribution in [0, 0.1) is 0 Å². The first-order chi connectivity index (χ1) is 9.85. The summed E-state index contributed by atoms with van der Waals surface area (Å²) >= 11 is 5.85. The Kier molecular flexibility index (Phi) is 6.13. The predicted octanol–water partition coefficient (Wildman–Crippen LogP) is 1.26. The molecule has 4 N–H and O–H groups in total. The highest BCUT2D eigenvalue weighted by Crippen LogP contribution is 2.21. The van der Waals surface area contributed by atoms with Gasteiger partial charge in [-0.05, 0) is 24.6 Å². The molecule has 0 aromatic heterocycles.